The Morgan fingerprint density at radius 1 is 1.39 bits per heavy atom. The third kappa shape index (κ3) is 5.90. The van der Waals surface area contributed by atoms with E-state index in [0.717, 1.165) is 25.0 Å². The van der Waals surface area contributed by atoms with Crippen molar-refractivity contribution in [3.8, 4) is 0 Å². The van der Waals surface area contributed by atoms with Crippen molar-refractivity contribution < 1.29 is 4.79 Å². The monoisotopic (exact) mass is 422 g/mol. The van der Waals surface area contributed by atoms with Crippen molar-refractivity contribution in [3.63, 3.8) is 0 Å². The molecule has 2 unspecified atom stereocenters. The molecule has 2 atom stereocenters. The van der Waals surface area contributed by atoms with E-state index in [4.69, 9.17) is 23.2 Å². The number of halogens is 2. The molecule has 5 nitrogen and oxygen atoms in total. The van der Waals surface area contributed by atoms with Crippen LogP contribution in [0, 0.1) is 0 Å². The van der Waals surface area contributed by atoms with Crippen molar-refractivity contribution in [2.24, 2.45) is 9.98 Å². The third-order valence-electron chi connectivity index (χ3n) is 5.12. The first kappa shape index (κ1) is 22.6. The predicted molar refractivity (Wildman–Crippen MR) is 119 cm³/mol. The van der Waals surface area contributed by atoms with Gasteiger partial charge in [-0.25, -0.2) is 9.98 Å². The molecular weight excluding hydrogens is 395 g/mol. The van der Waals surface area contributed by atoms with Gasteiger partial charge in [0.05, 0.1) is 15.6 Å². The molecule has 1 aromatic rings. The molecule has 7 heteroatoms. The minimum atomic E-state index is -0.234. The van der Waals surface area contributed by atoms with Crippen molar-refractivity contribution >= 4 is 41.7 Å². The average molecular weight is 423 g/mol. The zero-order chi connectivity index (χ0) is 20.7. The second-order valence-corrected chi connectivity index (χ2v) is 7.90. The molecule has 0 saturated carbocycles. The van der Waals surface area contributed by atoms with Crippen molar-refractivity contribution in [3.05, 3.63) is 45.6 Å². The average Bonchev–Trinajstić information content (AvgIpc) is 2.69. The van der Waals surface area contributed by atoms with E-state index in [0.29, 0.717) is 29.0 Å². The van der Waals surface area contributed by atoms with Gasteiger partial charge >= 0.3 is 0 Å². The highest BCUT2D eigenvalue weighted by atomic mass is 35.5. The number of piperidine rings is 1. The highest BCUT2D eigenvalue weighted by molar-refractivity contribution is 6.43. The van der Waals surface area contributed by atoms with Gasteiger partial charge in [-0.15, -0.1) is 0 Å². The van der Waals surface area contributed by atoms with Gasteiger partial charge in [-0.05, 0) is 64.6 Å². The van der Waals surface area contributed by atoms with Gasteiger partial charge in [0.25, 0.3) is 5.91 Å². The lowest BCUT2D eigenvalue weighted by molar-refractivity contribution is 0.0903. The van der Waals surface area contributed by atoms with Crippen LogP contribution in [0.2, 0.25) is 10.0 Å². The summed E-state index contributed by atoms with van der Waals surface area (Å²) in [4.78, 5) is 23.3. The number of benzene rings is 1. The Hall–Kier alpha value is -1.69. The topological polar surface area (TPSA) is 57.1 Å². The van der Waals surface area contributed by atoms with Crippen LogP contribution in [0.25, 0.3) is 0 Å². The molecule has 152 valence electrons. The largest absolute Gasteiger partial charge is 0.350 e. The van der Waals surface area contributed by atoms with Crippen molar-refractivity contribution in [1.29, 1.82) is 0 Å². The smallest absolute Gasteiger partial charge is 0.252 e. The van der Waals surface area contributed by atoms with E-state index in [1.807, 2.05) is 13.1 Å². The first-order chi connectivity index (χ1) is 13.3. The summed E-state index contributed by atoms with van der Waals surface area (Å²) in [6.45, 7) is 11.0. The van der Waals surface area contributed by atoms with Gasteiger partial charge in [0.2, 0.25) is 0 Å². The van der Waals surface area contributed by atoms with E-state index in [1.54, 1.807) is 25.1 Å². The van der Waals surface area contributed by atoms with Crippen LogP contribution >= 0.6 is 23.2 Å². The molecule has 1 aliphatic rings. The van der Waals surface area contributed by atoms with Gasteiger partial charge in [-0.2, -0.15) is 0 Å². The quantitative estimate of drug-likeness (QED) is 0.518. The van der Waals surface area contributed by atoms with Gasteiger partial charge in [0.1, 0.15) is 5.84 Å². The summed E-state index contributed by atoms with van der Waals surface area (Å²) in [5.74, 6) is 0.377. The second-order valence-electron chi connectivity index (χ2n) is 7.12. The van der Waals surface area contributed by atoms with Crippen LogP contribution in [0.15, 0.2) is 40.0 Å². The fourth-order valence-electron chi connectivity index (χ4n) is 3.41. The molecule has 0 radical (unpaired) electrons. The maximum absolute atomic E-state index is 12.7. The molecule has 1 N–H and O–H groups in total. The molecule has 0 aromatic heterocycles. The van der Waals surface area contributed by atoms with Crippen LogP contribution in [0.1, 0.15) is 50.4 Å². The minimum Gasteiger partial charge on any atom is -0.350 e. The Bertz CT molecular complexity index is 776. The summed E-state index contributed by atoms with van der Waals surface area (Å²) in [6, 6.07) is 5.54. The Morgan fingerprint density at radius 3 is 2.82 bits per heavy atom. The number of hydrogen-bond acceptors (Lipinski definition) is 3. The highest BCUT2D eigenvalue weighted by Crippen LogP contribution is 2.26. The molecule has 0 spiro atoms. The fourth-order valence-corrected chi connectivity index (χ4v) is 3.80. The molecule has 1 aliphatic heterocycles. The summed E-state index contributed by atoms with van der Waals surface area (Å²) >= 11 is 12.2. The summed E-state index contributed by atoms with van der Waals surface area (Å²) in [5, 5.41) is 3.66. The Morgan fingerprint density at radius 2 is 2.14 bits per heavy atom. The molecule has 1 fully saturated rings. The Kier molecular flexibility index (Phi) is 8.67. The van der Waals surface area contributed by atoms with Crippen molar-refractivity contribution in [2.45, 2.75) is 52.1 Å². The molecule has 1 amide bonds. The van der Waals surface area contributed by atoms with E-state index in [9.17, 15) is 4.79 Å². The minimum absolute atomic E-state index is 0.0403. The van der Waals surface area contributed by atoms with Crippen molar-refractivity contribution in [1.82, 2.24) is 10.2 Å². The molecule has 1 heterocycles. The first-order valence-electron chi connectivity index (χ1n) is 9.51. The Balaban J connectivity index is 2.20. The van der Waals surface area contributed by atoms with Crippen molar-refractivity contribution in [2.75, 3.05) is 13.1 Å². The van der Waals surface area contributed by atoms with Crippen LogP contribution in [0.3, 0.4) is 0 Å². The fraction of sp³-hybridized carbons (Fsp3) is 0.476. The number of hydrogen-bond donors (Lipinski definition) is 1. The zero-order valence-corrected chi connectivity index (χ0v) is 18.2. The van der Waals surface area contributed by atoms with Crippen LogP contribution in [0.4, 0.5) is 0 Å². The van der Waals surface area contributed by atoms with Gasteiger partial charge < -0.3 is 5.32 Å². The molecule has 2 rings (SSSR count). The zero-order valence-electron chi connectivity index (χ0n) is 16.7. The highest BCUT2D eigenvalue weighted by Gasteiger charge is 2.28. The molecule has 1 aromatic carbocycles. The number of nitrogens with one attached hydrogen (secondary N) is 1. The number of nitrogens with zero attached hydrogens (tertiary/aromatic N) is 3. The normalized spacial score (nSPS) is 20.0. The third-order valence-corrected chi connectivity index (χ3v) is 5.94. The number of amidine groups is 1. The summed E-state index contributed by atoms with van der Waals surface area (Å²) < 4.78 is 0. The lowest BCUT2D eigenvalue weighted by Crippen LogP contribution is -2.50. The lowest BCUT2D eigenvalue weighted by atomic mass is 9.98. The number of amides is 1. The number of carbonyl (C=O) groups excluding carboxylic acids is 1. The van der Waals surface area contributed by atoms with Gasteiger partial charge in [0, 0.05) is 24.8 Å². The van der Waals surface area contributed by atoms with E-state index in [1.165, 1.54) is 6.42 Å². The standard InChI is InChI=1S/C21H28Cl2N4O/c1-14(12-25-16(3)24-4)19(27-11-6-5-8-15(27)2)13-26-21(28)17-9-7-10-18(22)20(17)23/h7,9-10,12,15,19H,4-6,8,11,13H2,1-3H3,(H,26,28)/b14-12+,25-16?. The molecule has 0 bridgehead atoms. The van der Waals surface area contributed by atoms with Gasteiger partial charge in [-0.3, -0.25) is 9.69 Å². The molecule has 28 heavy (non-hydrogen) atoms. The second kappa shape index (κ2) is 10.7. The predicted octanol–water partition coefficient (Wildman–Crippen LogP) is 4.99. The van der Waals surface area contributed by atoms with Crippen LogP contribution in [-0.4, -0.2) is 48.5 Å². The summed E-state index contributed by atoms with van der Waals surface area (Å²) in [5.41, 5.74) is 1.44. The van der Waals surface area contributed by atoms with E-state index >= 15 is 0 Å². The van der Waals surface area contributed by atoms with E-state index in [2.05, 4.69) is 33.8 Å². The number of likely N-dealkylation sites (tertiary alicyclic amines) is 1. The van der Waals surface area contributed by atoms with E-state index < -0.39 is 0 Å². The van der Waals surface area contributed by atoms with Crippen LogP contribution in [-0.2, 0) is 0 Å². The summed E-state index contributed by atoms with van der Waals surface area (Å²) in [7, 11) is 0. The van der Waals surface area contributed by atoms with Crippen LogP contribution < -0.4 is 5.32 Å². The van der Waals surface area contributed by atoms with E-state index in [-0.39, 0.29) is 17.0 Å². The maximum atomic E-state index is 12.7. The van der Waals surface area contributed by atoms with Gasteiger partial charge in [0.15, 0.2) is 0 Å². The van der Waals surface area contributed by atoms with Crippen LogP contribution in [0.5, 0.6) is 0 Å². The molecule has 0 aliphatic carbocycles. The number of rotatable bonds is 6. The molecular formula is C21H28Cl2N4O. The number of carbonyl (C=O) groups is 1. The maximum Gasteiger partial charge on any atom is 0.252 e. The SMILES string of the molecule is C=NC(C)=N/C=C(\C)C(CNC(=O)c1cccc(Cl)c1Cl)N1CCCCC1C. The number of aliphatic imine (C=N–C) groups is 2. The molecule has 1 saturated heterocycles. The lowest BCUT2D eigenvalue weighted by Gasteiger charge is -2.40. The first-order valence-corrected chi connectivity index (χ1v) is 10.3. The van der Waals surface area contributed by atoms with Gasteiger partial charge in [-0.1, -0.05) is 35.7 Å². The Labute approximate surface area is 177 Å². The summed E-state index contributed by atoms with van der Waals surface area (Å²) in [6.07, 6.45) is 5.34.